The second-order valence-corrected chi connectivity index (χ2v) is 10.4. The highest BCUT2D eigenvalue weighted by Gasteiger charge is 2.20. The number of rotatable bonds is 7. The number of sulfonamides is 1. The van der Waals surface area contributed by atoms with E-state index in [2.05, 4.69) is 35.9 Å². The van der Waals surface area contributed by atoms with Crippen molar-refractivity contribution in [3.05, 3.63) is 59.4 Å². The molecule has 180 valence electrons. The lowest BCUT2D eigenvalue weighted by molar-refractivity contribution is -0.115. The van der Waals surface area contributed by atoms with Gasteiger partial charge in [0.1, 0.15) is 17.3 Å². The Morgan fingerprint density at radius 2 is 2.03 bits per heavy atom. The summed E-state index contributed by atoms with van der Waals surface area (Å²) in [5, 5.41) is 10.2. The molecule has 0 unspecified atom stereocenters. The highest BCUT2D eigenvalue weighted by molar-refractivity contribution is 7.92. The standard InChI is InChI=1S/C23H24N8O3S/c1-13-11-25-20-19(13)21(26-12-14-5-4-8-24-22(14)31(2)35(3,33)34)30-23(29-20)27-16-6-7-17-15(9-16)10-18(32)28-17/h4-9,11H,10,12H2,1-3H3,(H,28,32)(H3,25,26,27,29,30). The summed E-state index contributed by atoms with van der Waals surface area (Å²) in [6, 6.07) is 9.18. The van der Waals surface area contributed by atoms with E-state index in [0.717, 1.165) is 38.4 Å². The van der Waals surface area contributed by atoms with E-state index in [4.69, 9.17) is 0 Å². The van der Waals surface area contributed by atoms with E-state index in [-0.39, 0.29) is 5.91 Å². The predicted octanol–water partition coefficient (Wildman–Crippen LogP) is 2.91. The molecule has 4 aromatic rings. The van der Waals surface area contributed by atoms with Crippen LogP contribution in [0, 0.1) is 6.92 Å². The van der Waals surface area contributed by atoms with Gasteiger partial charge in [0.05, 0.1) is 18.1 Å². The first kappa shape index (κ1) is 22.6. The normalized spacial score (nSPS) is 12.9. The maximum atomic E-state index is 12.1. The van der Waals surface area contributed by atoms with Gasteiger partial charge >= 0.3 is 0 Å². The smallest absolute Gasteiger partial charge is 0.233 e. The molecular formula is C23H24N8O3S. The van der Waals surface area contributed by atoms with Gasteiger partial charge in [0, 0.05) is 42.9 Å². The zero-order chi connectivity index (χ0) is 24.7. The number of carbonyl (C=O) groups excluding carboxylic acids is 1. The molecule has 0 atom stereocenters. The second-order valence-electron chi connectivity index (χ2n) is 8.38. The summed E-state index contributed by atoms with van der Waals surface area (Å²) in [7, 11) is -1.99. The van der Waals surface area contributed by atoms with Crippen molar-refractivity contribution in [1.29, 1.82) is 0 Å². The topological polar surface area (TPSA) is 145 Å². The number of amides is 1. The number of aromatic amines is 1. The molecule has 1 aromatic carbocycles. The van der Waals surface area contributed by atoms with Gasteiger partial charge in [-0.3, -0.25) is 9.10 Å². The number of hydrogen-bond acceptors (Lipinski definition) is 8. The van der Waals surface area contributed by atoms with Gasteiger partial charge in [-0.25, -0.2) is 13.4 Å². The summed E-state index contributed by atoms with van der Waals surface area (Å²) < 4.78 is 25.3. The molecule has 3 aromatic heterocycles. The first-order chi connectivity index (χ1) is 16.7. The van der Waals surface area contributed by atoms with Crippen molar-refractivity contribution in [1.82, 2.24) is 19.9 Å². The molecule has 4 N–H and O–H groups in total. The third kappa shape index (κ3) is 4.47. The number of pyridine rings is 1. The lowest BCUT2D eigenvalue weighted by Crippen LogP contribution is -2.27. The quantitative estimate of drug-likeness (QED) is 0.308. The average molecular weight is 493 g/mol. The zero-order valence-electron chi connectivity index (χ0n) is 19.4. The second kappa shape index (κ2) is 8.55. The Morgan fingerprint density at radius 1 is 1.20 bits per heavy atom. The van der Waals surface area contributed by atoms with E-state index in [1.165, 1.54) is 7.05 Å². The van der Waals surface area contributed by atoms with Crippen LogP contribution in [0.5, 0.6) is 0 Å². The minimum Gasteiger partial charge on any atom is -0.365 e. The Bertz CT molecular complexity index is 1560. The van der Waals surface area contributed by atoms with Gasteiger partial charge in [-0.1, -0.05) is 6.07 Å². The third-order valence-corrected chi connectivity index (χ3v) is 6.99. The van der Waals surface area contributed by atoms with Crippen molar-refractivity contribution >= 4 is 55.9 Å². The van der Waals surface area contributed by atoms with Crippen LogP contribution in [-0.2, 0) is 27.8 Å². The molecule has 0 bridgehead atoms. The van der Waals surface area contributed by atoms with E-state index in [1.807, 2.05) is 37.4 Å². The van der Waals surface area contributed by atoms with E-state index >= 15 is 0 Å². The van der Waals surface area contributed by atoms with E-state index in [9.17, 15) is 13.2 Å². The molecule has 35 heavy (non-hydrogen) atoms. The number of nitrogens with one attached hydrogen (secondary N) is 4. The van der Waals surface area contributed by atoms with Crippen LogP contribution in [0.1, 0.15) is 16.7 Å². The fourth-order valence-electron chi connectivity index (χ4n) is 4.00. The molecule has 11 nitrogen and oxygen atoms in total. The molecule has 0 saturated carbocycles. The van der Waals surface area contributed by atoms with Crippen LogP contribution in [-0.4, -0.2) is 47.6 Å². The largest absolute Gasteiger partial charge is 0.365 e. The number of carbonyl (C=O) groups is 1. The highest BCUT2D eigenvalue weighted by atomic mass is 32.2. The number of aryl methyl sites for hydroxylation is 1. The summed E-state index contributed by atoms with van der Waals surface area (Å²) in [5.41, 5.74) is 4.81. The van der Waals surface area contributed by atoms with Crippen LogP contribution < -0.4 is 20.3 Å². The molecule has 0 aliphatic carbocycles. The first-order valence-corrected chi connectivity index (χ1v) is 12.7. The summed E-state index contributed by atoms with van der Waals surface area (Å²) in [5.74, 6) is 1.28. The molecule has 0 fully saturated rings. The molecule has 5 rings (SSSR count). The number of anilines is 5. The van der Waals surface area contributed by atoms with Gasteiger partial charge in [0.25, 0.3) is 0 Å². The van der Waals surface area contributed by atoms with Crippen molar-refractivity contribution in [3.63, 3.8) is 0 Å². The number of fused-ring (bicyclic) bond motifs is 2. The first-order valence-electron chi connectivity index (χ1n) is 10.9. The minimum atomic E-state index is -3.47. The maximum absolute atomic E-state index is 12.1. The number of aromatic nitrogens is 4. The summed E-state index contributed by atoms with van der Waals surface area (Å²) >= 11 is 0. The van der Waals surface area contributed by atoms with Gasteiger partial charge in [-0.15, -0.1) is 0 Å². The van der Waals surface area contributed by atoms with Crippen LogP contribution in [0.25, 0.3) is 11.0 Å². The van der Waals surface area contributed by atoms with Gasteiger partial charge in [-0.05, 0) is 42.3 Å². The van der Waals surface area contributed by atoms with Gasteiger partial charge in [0.2, 0.25) is 21.9 Å². The summed E-state index contributed by atoms with van der Waals surface area (Å²) in [6.45, 7) is 2.25. The monoisotopic (exact) mass is 492 g/mol. The average Bonchev–Trinajstić information content (AvgIpc) is 3.37. The molecule has 1 aliphatic rings. The zero-order valence-corrected chi connectivity index (χ0v) is 20.2. The van der Waals surface area contributed by atoms with Crippen LogP contribution in [0.15, 0.2) is 42.7 Å². The maximum Gasteiger partial charge on any atom is 0.233 e. The van der Waals surface area contributed by atoms with Crippen LogP contribution in [0.3, 0.4) is 0 Å². The minimum absolute atomic E-state index is 0.0283. The molecule has 1 aliphatic heterocycles. The van der Waals surface area contributed by atoms with E-state index in [1.54, 1.807) is 12.3 Å². The number of hydrogen-bond donors (Lipinski definition) is 4. The number of H-pyrrole nitrogens is 1. The Hall–Kier alpha value is -4.19. The van der Waals surface area contributed by atoms with Gasteiger partial charge in [0.15, 0.2) is 0 Å². The fourth-order valence-corrected chi connectivity index (χ4v) is 4.47. The molecule has 12 heteroatoms. The van der Waals surface area contributed by atoms with Crippen molar-refractivity contribution in [3.8, 4) is 0 Å². The van der Waals surface area contributed by atoms with Crippen molar-refractivity contribution in [2.24, 2.45) is 0 Å². The van der Waals surface area contributed by atoms with E-state index < -0.39 is 10.0 Å². The molecule has 1 amide bonds. The van der Waals surface area contributed by atoms with Crippen molar-refractivity contribution < 1.29 is 13.2 Å². The van der Waals surface area contributed by atoms with Crippen LogP contribution in [0.4, 0.5) is 29.0 Å². The summed E-state index contributed by atoms with van der Waals surface area (Å²) in [4.78, 5) is 28.4. The Labute approximate surface area is 202 Å². The molecule has 0 radical (unpaired) electrons. The molecule has 0 spiro atoms. The van der Waals surface area contributed by atoms with Crippen LogP contribution in [0.2, 0.25) is 0 Å². The summed E-state index contributed by atoms with van der Waals surface area (Å²) in [6.07, 6.45) is 4.89. The predicted molar refractivity (Wildman–Crippen MR) is 135 cm³/mol. The lowest BCUT2D eigenvalue weighted by Gasteiger charge is -2.19. The molecule has 0 saturated heterocycles. The lowest BCUT2D eigenvalue weighted by atomic mass is 10.1. The third-order valence-electron chi connectivity index (χ3n) is 5.82. The van der Waals surface area contributed by atoms with Gasteiger partial charge in [-0.2, -0.15) is 9.97 Å². The Kier molecular flexibility index (Phi) is 5.52. The fraction of sp³-hybridized carbons (Fsp3) is 0.217. The van der Waals surface area contributed by atoms with Crippen molar-refractivity contribution in [2.45, 2.75) is 19.9 Å². The number of benzene rings is 1. The highest BCUT2D eigenvalue weighted by Crippen LogP contribution is 2.30. The number of nitrogens with zero attached hydrogens (tertiary/aromatic N) is 4. The Balaban J connectivity index is 1.45. The van der Waals surface area contributed by atoms with Gasteiger partial charge < -0.3 is 20.9 Å². The molecular weight excluding hydrogens is 468 g/mol. The SMILES string of the molecule is Cc1c[nH]c2nc(Nc3ccc4c(c3)CC(=O)N4)nc(NCc3cccnc3N(C)S(C)(=O)=O)c12. The Morgan fingerprint density at radius 3 is 2.83 bits per heavy atom. The molecule has 4 heterocycles. The van der Waals surface area contributed by atoms with Crippen LogP contribution >= 0.6 is 0 Å². The van der Waals surface area contributed by atoms with E-state index in [0.29, 0.717) is 41.8 Å². The van der Waals surface area contributed by atoms with Crippen molar-refractivity contribution in [2.75, 3.05) is 33.6 Å².